The van der Waals surface area contributed by atoms with Crippen LogP contribution in [0, 0.1) is 0 Å². The number of carbonyl (C=O) groups excluding carboxylic acids is 2. The van der Waals surface area contributed by atoms with Crippen molar-refractivity contribution in [3.63, 3.8) is 0 Å². The van der Waals surface area contributed by atoms with Crippen LogP contribution in [0.2, 0.25) is 0 Å². The van der Waals surface area contributed by atoms with Gasteiger partial charge in [0.2, 0.25) is 0 Å². The van der Waals surface area contributed by atoms with E-state index < -0.39 is 12.1 Å². The summed E-state index contributed by atoms with van der Waals surface area (Å²) < 4.78 is 5.03. The third kappa shape index (κ3) is 3.93. The van der Waals surface area contributed by atoms with Crippen LogP contribution in [0.3, 0.4) is 0 Å². The number of ether oxygens (including phenoxy) is 1. The molecule has 0 atom stereocenters. The largest absolute Gasteiger partial charge is 0.448 e. The Kier molecular flexibility index (Phi) is 4.92. The van der Waals surface area contributed by atoms with E-state index in [1.165, 1.54) is 6.92 Å². The first-order valence-electron chi connectivity index (χ1n) is 5.46. The van der Waals surface area contributed by atoms with Crippen molar-refractivity contribution in [3.05, 3.63) is 42.5 Å². The predicted octanol–water partition coefficient (Wildman–Crippen LogP) is 2.54. The van der Waals surface area contributed by atoms with Crippen LogP contribution in [0.5, 0.6) is 5.75 Å². The van der Waals surface area contributed by atoms with Gasteiger partial charge >= 0.3 is 12.1 Å². The van der Waals surface area contributed by atoms with Gasteiger partial charge in [0.15, 0.2) is 0 Å². The van der Waals surface area contributed by atoms with E-state index in [0.717, 1.165) is 5.06 Å². The molecular weight excluding hydrogens is 234 g/mol. The van der Waals surface area contributed by atoms with Crippen molar-refractivity contribution in [2.75, 3.05) is 6.54 Å². The van der Waals surface area contributed by atoms with Crippen LogP contribution < -0.4 is 4.74 Å². The molecule has 0 heterocycles. The molecular formula is C13H15NO4. The zero-order valence-corrected chi connectivity index (χ0v) is 10.4. The summed E-state index contributed by atoms with van der Waals surface area (Å²) in [7, 11) is 0. The molecule has 0 aliphatic carbocycles. The summed E-state index contributed by atoms with van der Waals surface area (Å²) in [5.74, 6) is -0.283. The lowest BCUT2D eigenvalue weighted by Crippen LogP contribution is -2.35. The first-order valence-corrected chi connectivity index (χ1v) is 5.46. The minimum atomic E-state index is -0.752. The molecule has 96 valence electrons. The summed E-state index contributed by atoms with van der Waals surface area (Å²) in [5, 5.41) is 0.837. The second-order valence-corrected chi connectivity index (χ2v) is 3.53. The average Bonchev–Trinajstić information content (AvgIpc) is 2.36. The molecule has 0 aliphatic rings. The molecule has 1 rings (SSSR count). The van der Waals surface area contributed by atoms with Gasteiger partial charge in [-0.3, -0.25) is 0 Å². The molecule has 0 bridgehead atoms. The molecule has 0 saturated carbocycles. The predicted molar refractivity (Wildman–Crippen MR) is 65.8 cm³/mol. The molecule has 0 aliphatic heterocycles. The summed E-state index contributed by atoms with van der Waals surface area (Å²) in [4.78, 5) is 27.8. The molecule has 5 nitrogen and oxygen atoms in total. The highest BCUT2D eigenvalue weighted by molar-refractivity contribution is 5.87. The Bertz CT molecular complexity index is 442. The fourth-order valence-corrected chi connectivity index (χ4v) is 1.05. The van der Waals surface area contributed by atoms with E-state index in [0.29, 0.717) is 5.75 Å². The van der Waals surface area contributed by atoms with Crippen molar-refractivity contribution in [2.45, 2.75) is 13.8 Å². The topological polar surface area (TPSA) is 55.8 Å². The second-order valence-electron chi connectivity index (χ2n) is 3.53. The Balaban J connectivity index is 2.63. The van der Waals surface area contributed by atoms with E-state index >= 15 is 0 Å². The number of rotatable bonds is 3. The van der Waals surface area contributed by atoms with Gasteiger partial charge in [-0.1, -0.05) is 24.8 Å². The van der Waals surface area contributed by atoms with Gasteiger partial charge in [-0.05, 0) is 26.0 Å². The standard InChI is InChI=1S/C13H15NO4/c1-4-14(18-12(15)10(2)3)13(16)17-11-8-6-5-7-9-11/h5-9H,2,4H2,1,3H3. The van der Waals surface area contributed by atoms with E-state index in [9.17, 15) is 9.59 Å². The van der Waals surface area contributed by atoms with E-state index in [4.69, 9.17) is 9.57 Å². The molecule has 0 radical (unpaired) electrons. The van der Waals surface area contributed by atoms with Crippen molar-refractivity contribution in [2.24, 2.45) is 0 Å². The quantitative estimate of drug-likeness (QED) is 0.610. The van der Waals surface area contributed by atoms with Gasteiger partial charge in [0.05, 0.1) is 6.54 Å². The number of hydrogen-bond donors (Lipinski definition) is 0. The lowest BCUT2D eigenvalue weighted by atomic mass is 10.3. The number of para-hydroxylation sites is 1. The van der Waals surface area contributed by atoms with Gasteiger partial charge in [-0.25, -0.2) is 9.59 Å². The maximum absolute atomic E-state index is 11.7. The van der Waals surface area contributed by atoms with Gasteiger partial charge in [0.25, 0.3) is 0 Å². The SMILES string of the molecule is C=C(C)C(=O)ON(CC)C(=O)Oc1ccccc1. The molecule has 1 aromatic carbocycles. The van der Waals surface area contributed by atoms with Crippen LogP contribution in [0.15, 0.2) is 42.5 Å². The molecule has 1 aromatic rings. The Labute approximate surface area is 106 Å². The number of carbonyl (C=O) groups is 2. The number of hydroxylamine groups is 2. The fraction of sp³-hybridized carbons (Fsp3) is 0.231. The van der Waals surface area contributed by atoms with Gasteiger partial charge in [-0.15, -0.1) is 5.06 Å². The molecule has 0 N–H and O–H groups in total. The van der Waals surface area contributed by atoms with E-state index in [2.05, 4.69) is 6.58 Å². The highest BCUT2D eigenvalue weighted by atomic mass is 16.8. The Morgan fingerprint density at radius 2 is 1.89 bits per heavy atom. The monoisotopic (exact) mass is 249 g/mol. The second kappa shape index (κ2) is 6.44. The molecule has 18 heavy (non-hydrogen) atoms. The van der Waals surface area contributed by atoms with E-state index in [1.54, 1.807) is 37.3 Å². The smallest absolute Gasteiger partial charge is 0.408 e. The van der Waals surface area contributed by atoms with Crippen LogP contribution in [0.4, 0.5) is 4.79 Å². The maximum Gasteiger partial charge on any atom is 0.448 e. The zero-order valence-electron chi connectivity index (χ0n) is 10.4. The van der Waals surface area contributed by atoms with Crippen molar-refractivity contribution in [1.82, 2.24) is 5.06 Å². The number of amides is 1. The minimum Gasteiger partial charge on any atom is -0.408 e. The zero-order chi connectivity index (χ0) is 13.5. The summed E-state index contributed by atoms with van der Waals surface area (Å²) in [6.45, 7) is 6.78. The summed E-state index contributed by atoms with van der Waals surface area (Å²) in [5.41, 5.74) is 0.209. The number of nitrogens with zero attached hydrogens (tertiary/aromatic N) is 1. The molecule has 0 unspecified atom stereocenters. The van der Waals surface area contributed by atoms with Crippen LogP contribution in [0.1, 0.15) is 13.8 Å². The van der Waals surface area contributed by atoms with Crippen molar-refractivity contribution < 1.29 is 19.2 Å². The minimum absolute atomic E-state index is 0.185. The number of benzene rings is 1. The van der Waals surface area contributed by atoms with Crippen molar-refractivity contribution in [3.8, 4) is 5.75 Å². The summed E-state index contributed by atoms with van der Waals surface area (Å²) in [6, 6.07) is 8.53. The molecule has 5 heteroatoms. The normalized spacial score (nSPS) is 9.44. The molecule has 0 aromatic heterocycles. The van der Waals surface area contributed by atoms with Crippen LogP contribution >= 0.6 is 0 Å². The molecule has 0 spiro atoms. The third-order valence-electron chi connectivity index (χ3n) is 1.98. The maximum atomic E-state index is 11.7. The van der Waals surface area contributed by atoms with Crippen molar-refractivity contribution in [1.29, 1.82) is 0 Å². The van der Waals surface area contributed by atoms with Crippen LogP contribution in [-0.2, 0) is 9.63 Å². The van der Waals surface area contributed by atoms with Crippen LogP contribution in [0.25, 0.3) is 0 Å². The Hall–Kier alpha value is -2.30. The Morgan fingerprint density at radius 3 is 2.39 bits per heavy atom. The fourth-order valence-electron chi connectivity index (χ4n) is 1.05. The third-order valence-corrected chi connectivity index (χ3v) is 1.98. The number of hydrogen-bond acceptors (Lipinski definition) is 4. The lowest BCUT2D eigenvalue weighted by molar-refractivity contribution is -0.173. The highest BCUT2D eigenvalue weighted by Gasteiger charge is 2.19. The van der Waals surface area contributed by atoms with Gasteiger partial charge in [0.1, 0.15) is 5.75 Å². The lowest BCUT2D eigenvalue weighted by Gasteiger charge is -2.18. The molecule has 0 saturated heterocycles. The summed E-state index contributed by atoms with van der Waals surface area (Å²) >= 11 is 0. The first kappa shape index (κ1) is 13.8. The van der Waals surface area contributed by atoms with Crippen molar-refractivity contribution >= 4 is 12.1 Å². The van der Waals surface area contributed by atoms with E-state index in [1.807, 2.05) is 0 Å². The van der Waals surface area contributed by atoms with E-state index in [-0.39, 0.29) is 12.1 Å². The first-order chi connectivity index (χ1) is 8.54. The van der Waals surface area contributed by atoms with Crippen LogP contribution in [-0.4, -0.2) is 23.7 Å². The van der Waals surface area contributed by atoms with Gasteiger partial charge in [0, 0.05) is 5.57 Å². The molecule has 0 fully saturated rings. The van der Waals surface area contributed by atoms with Gasteiger partial charge < -0.3 is 9.57 Å². The average molecular weight is 249 g/mol. The molecule has 1 amide bonds. The Morgan fingerprint density at radius 1 is 1.28 bits per heavy atom. The van der Waals surface area contributed by atoms with Gasteiger partial charge in [-0.2, -0.15) is 0 Å². The summed E-state index contributed by atoms with van der Waals surface area (Å²) in [6.07, 6.45) is -0.752. The highest BCUT2D eigenvalue weighted by Crippen LogP contribution is 2.10.